The van der Waals surface area contributed by atoms with Crippen LogP contribution < -0.4 is 11.2 Å². The zero-order valence-corrected chi connectivity index (χ0v) is 8.74. The maximum atomic E-state index is 13.0. The smallest absolute Gasteiger partial charge is 0.331 e. The van der Waals surface area contributed by atoms with Gasteiger partial charge < -0.3 is 5.11 Å². The van der Waals surface area contributed by atoms with Crippen molar-refractivity contribution in [3.63, 3.8) is 0 Å². The molecule has 0 spiro atoms. The van der Waals surface area contributed by atoms with Crippen molar-refractivity contribution in [1.82, 2.24) is 9.55 Å². The third kappa shape index (κ3) is 1.93. The summed E-state index contributed by atoms with van der Waals surface area (Å²) in [4.78, 5) is 23.9. The number of aromatic amines is 1. The third-order valence-corrected chi connectivity index (χ3v) is 2.44. The van der Waals surface area contributed by atoms with E-state index in [4.69, 9.17) is 0 Å². The third-order valence-electron chi connectivity index (χ3n) is 2.44. The molecule has 6 heteroatoms. The number of H-pyrrole nitrogens is 1. The van der Waals surface area contributed by atoms with Crippen LogP contribution >= 0.6 is 0 Å². The normalized spacial score (nSPS) is 13.1. The molecule has 0 saturated carbocycles. The average Bonchev–Trinajstić information content (AvgIpc) is 2.14. The molecule has 1 unspecified atom stereocenters. The molecule has 5 nitrogen and oxygen atoms in total. The molecule has 1 aromatic heterocycles. The number of aromatic hydroxyl groups is 1. The Morgan fingerprint density at radius 1 is 1.33 bits per heavy atom. The first-order valence-electron chi connectivity index (χ1n) is 4.59. The molecule has 0 bridgehead atoms. The minimum Gasteiger partial charge on any atom is -0.492 e. The lowest BCUT2D eigenvalue weighted by molar-refractivity contribution is 0.303. The molecule has 15 heavy (non-hydrogen) atoms. The SMILES string of the molecule is CC(C)C(C)n1c(O)c(F)c(=O)[nH]c1=O. The van der Waals surface area contributed by atoms with Crippen LogP contribution in [0.25, 0.3) is 0 Å². The van der Waals surface area contributed by atoms with E-state index in [0.29, 0.717) is 0 Å². The molecule has 0 aliphatic heterocycles. The lowest BCUT2D eigenvalue weighted by Crippen LogP contribution is -2.34. The first-order valence-corrected chi connectivity index (χ1v) is 4.59. The quantitative estimate of drug-likeness (QED) is 0.760. The Kier molecular flexibility index (Phi) is 2.97. The second-order valence-corrected chi connectivity index (χ2v) is 3.75. The molecule has 0 aromatic carbocycles. The second kappa shape index (κ2) is 3.88. The maximum Gasteiger partial charge on any atom is 0.331 e. The lowest BCUT2D eigenvalue weighted by atomic mass is 10.1. The van der Waals surface area contributed by atoms with Gasteiger partial charge in [-0.15, -0.1) is 0 Å². The van der Waals surface area contributed by atoms with Crippen LogP contribution in [0.4, 0.5) is 4.39 Å². The fourth-order valence-electron chi connectivity index (χ4n) is 1.19. The van der Waals surface area contributed by atoms with Crippen molar-refractivity contribution in [3.05, 3.63) is 26.7 Å². The first-order chi connectivity index (χ1) is 6.86. The number of rotatable bonds is 2. The van der Waals surface area contributed by atoms with E-state index in [1.54, 1.807) is 11.9 Å². The highest BCUT2D eigenvalue weighted by Crippen LogP contribution is 2.20. The van der Waals surface area contributed by atoms with Crippen LogP contribution in [0.2, 0.25) is 0 Å². The van der Waals surface area contributed by atoms with E-state index in [-0.39, 0.29) is 5.92 Å². The number of nitrogens with zero attached hydrogens (tertiary/aromatic N) is 1. The van der Waals surface area contributed by atoms with Gasteiger partial charge in [0, 0.05) is 6.04 Å². The molecule has 1 heterocycles. The molecule has 0 radical (unpaired) electrons. The molecule has 0 amide bonds. The van der Waals surface area contributed by atoms with Crippen LogP contribution in [0.5, 0.6) is 5.88 Å². The molecule has 84 valence electrons. The monoisotopic (exact) mass is 216 g/mol. The molecular weight excluding hydrogens is 203 g/mol. The largest absolute Gasteiger partial charge is 0.492 e. The number of nitrogens with one attached hydrogen (secondary N) is 1. The maximum absolute atomic E-state index is 13.0. The van der Waals surface area contributed by atoms with Crippen LogP contribution in [-0.2, 0) is 0 Å². The molecule has 0 aliphatic carbocycles. The van der Waals surface area contributed by atoms with E-state index in [9.17, 15) is 19.1 Å². The van der Waals surface area contributed by atoms with Gasteiger partial charge >= 0.3 is 5.69 Å². The van der Waals surface area contributed by atoms with Gasteiger partial charge in [-0.05, 0) is 12.8 Å². The van der Waals surface area contributed by atoms with Crippen molar-refractivity contribution in [3.8, 4) is 5.88 Å². The van der Waals surface area contributed by atoms with E-state index < -0.39 is 29.0 Å². The summed E-state index contributed by atoms with van der Waals surface area (Å²) in [7, 11) is 0. The van der Waals surface area contributed by atoms with Gasteiger partial charge in [-0.1, -0.05) is 13.8 Å². The van der Waals surface area contributed by atoms with Crippen molar-refractivity contribution >= 4 is 0 Å². The summed E-state index contributed by atoms with van der Waals surface area (Å²) in [6, 6.07) is -0.399. The molecule has 1 aromatic rings. The Morgan fingerprint density at radius 2 is 1.87 bits per heavy atom. The molecule has 1 atom stereocenters. The van der Waals surface area contributed by atoms with Crippen molar-refractivity contribution < 1.29 is 9.50 Å². The van der Waals surface area contributed by atoms with Gasteiger partial charge in [0.15, 0.2) is 0 Å². The van der Waals surface area contributed by atoms with E-state index in [0.717, 1.165) is 4.57 Å². The van der Waals surface area contributed by atoms with Gasteiger partial charge in [0.05, 0.1) is 0 Å². The Morgan fingerprint density at radius 3 is 2.33 bits per heavy atom. The fourth-order valence-corrected chi connectivity index (χ4v) is 1.19. The summed E-state index contributed by atoms with van der Waals surface area (Å²) < 4.78 is 13.9. The predicted octanol–water partition coefficient (Wildman–Crippen LogP) is 0.598. The average molecular weight is 216 g/mol. The fraction of sp³-hybridized carbons (Fsp3) is 0.556. The van der Waals surface area contributed by atoms with Crippen LogP contribution in [0.1, 0.15) is 26.8 Å². The van der Waals surface area contributed by atoms with Gasteiger partial charge in [0.1, 0.15) is 0 Å². The number of hydrogen-bond acceptors (Lipinski definition) is 3. The van der Waals surface area contributed by atoms with Crippen molar-refractivity contribution in [1.29, 1.82) is 0 Å². The standard InChI is InChI=1S/C9H13FN2O3/c1-4(2)5(3)12-8(14)6(10)7(13)11-9(12)15/h4-5,14H,1-3H3,(H,11,13,15). The molecular formula is C9H13FN2O3. The zero-order chi connectivity index (χ0) is 11.7. The van der Waals surface area contributed by atoms with Crippen LogP contribution in [0.3, 0.4) is 0 Å². The van der Waals surface area contributed by atoms with E-state index in [1.165, 1.54) is 0 Å². The van der Waals surface area contributed by atoms with E-state index in [2.05, 4.69) is 0 Å². The molecule has 0 aliphatic rings. The molecule has 2 N–H and O–H groups in total. The summed E-state index contributed by atoms with van der Waals surface area (Å²) in [5.41, 5.74) is -2.01. The van der Waals surface area contributed by atoms with Gasteiger partial charge in [0.25, 0.3) is 5.56 Å². The highest BCUT2D eigenvalue weighted by Gasteiger charge is 2.19. The van der Waals surface area contributed by atoms with Crippen molar-refractivity contribution in [2.24, 2.45) is 5.92 Å². The number of aromatic nitrogens is 2. The summed E-state index contributed by atoms with van der Waals surface area (Å²) >= 11 is 0. The highest BCUT2D eigenvalue weighted by atomic mass is 19.1. The Balaban J connectivity index is 3.50. The van der Waals surface area contributed by atoms with E-state index >= 15 is 0 Å². The summed E-state index contributed by atoms with van der Waals surface area (Å²) in [6.07, 6.45) is 0. The predicted molar refractivity (Wildman–Crippen MR) is 52.5 cm³/mol. The van der Waals surface area contributed by atoms with Crippen LogP contribution in [0.15, 0.2) is 9.59 Å². The Labute approximate surface area is 85.2 Å². The molecule has 0 saturated heterocycles. The van der Waals surface area contributed by atoms with Crippen LogP contribution in [0, 0.1) is 11.7 Å². The minimum atomic E-state index is -1.33. The van der Waals surface area contributed by atoms with Gasteiger partial charge in [-0.2, -0.15) is 4.39 Å². The highest BCUT2D eigenvalue weighted by molar-refractivity contribution is 5.10. The van der Waals surface area contributed by atoms with Crippen molar-refractivity contribution in [2.75, 3.05) is 0 Å². The summed E-state index contributed by atoms with van der Waals surface area (Å²) in [5, 5.41) is 9.35. The van der Waals surface area contributed by atoms with Crippen LogP contribution in [-0.4, -0.2) is 14.7 Å². The Hall–Kier alpha value is -1.59. The van der Waals surface area contributed by atoms with Gasteiger partial charge in [0.2, 0.25) is 11.7 Å². The number of halogens is 1. The second-order valence-electron chi connectivity index (χ2n) is 3.75. The van der Waals surface area contributed by atoms with Gasteiger partial charge in [-0.3, -0.25) is 14.3 Å². The molecule has 1 rings (SSSR count). The first kappa shape index (κ1) is 11.5. The Bertz CT molecular complexity index is 475. The summed E-state index contributed by atoms with van der Waals surface area (Å²) in [5.74, 6) is -2.22. The minimum absolute atomic E-state index is 0.0268. The zero-order valence-electron chi connectivity index (χ0n) is 8.74. The van der Waals surface area contributed by atoms with Crippen molar-refractivity contribution in [2.45, 2.75) is 26.8 Å². The van der Waals surface area contributed by atoms with Gasteiger partial charge in [-0.25, -0.2) is 4.79 Å². The topological polar surface area (TPSA) is 75.1 Å². The number of hydrogen-bond donors (Lipinski definition) is 2. The van der Waals surface area contributed by atoms with E-state index in [1.807, 2.05) is 13.8 Å². The lowest BCUT2D eigenvalue weighted by Gasteiger charge is -2.19. The molecule has 0 fully saturated rings. The summed E-state index contributed by atoms with van der Waals surface area (Å²) in [6.45, 7) is 5.29.